The van der Waals surface area contributed by atoms with Gasteiger partial charge in [0, 0.05) is 0 Å². The quantitative estimate of drug-likeness (QED) is 0.881. The van der Waals surface area contributed by atoms with Crippen molar-refractivity contribution in [2.24, 2.45) is 0 Å². The van der Waals surface area contributed by atoms with Crippen LogP contribution in [0.15, 0.2) is 30.3 Å². The first-order valence-electron chi connectivity index (χ1n) is 5.65. The van der Waals surface area contributed by atoms with E-state index in [4.69, 9.17) is 19.9 Å². The molecule has 0 aliphatic carbocycles. The molecule has 0 bridgehead atoms. The Kier molecular flexibility index (Phi) is 4.02. The standard InChI is InChI=1S/C13H15N3O3/c1-17-10-5-3-4-9(6-10)8-19-12-7-11(18-2)15-13(14)16-12/h3-7H,8H2,1-2H3,(H2,14,15,16). The highest BCUT2D eigenvalue weighted by atomic mass is 16.5. The molecule has 0 fully saturated rings. The van der Waals surface area contributed by atoms with E-state index in [1.165, 1.54) is 7.11 Å². The number of nitrogens with zero attached hydrogens (tertiary/aromatic N) is 2. The molecule has 1 aromatic heterocycles. The smallest absolute Gasteiger partial charge is 0.226 e. The summed E-state index contributed by atoms with van der Waals surface area (Å²) in [6.45, 7) is 0.358. The Hall–Kier alpha value is -2.50. The highest BCUT2D eigenvalue weighted by Crippen LogP contribution is 2.18. The van der Waals surface area contributed by atoms with Crippen LogP contribution in [0.2, 0.25) is 0 Å². The monoisotopic (exact) mass is 261 g/mol. The van der Waals surface area contributed by atoms with Crippen molar-refractivity contribution < 1.29 is 14.2 Å². The highest BCUT2D eigenvalue weighted by molar-refractivity contribution is 5.31. The number of hydrogen-bond donors (Lipinski definition) is 1. The van der Waals surface area contributed by atoms with Gasteiger partial charge >= 0.3 is 0 Å². The second-order valence-electron chi connectivity index (χ2n) is 3.75. The molecule has 6 nitrogen and oxygen atoms in total. The van der Waals surface area contributed by atoms with Crippen molar-refractivity contribution in [3.63, 3.8) is 0 Å². The third kappa shape index (κ3) is 3.48. The zero-order valence-electron chi connectivity index (χ0n) is 10.8. The number of benzene rings is 1. The molecule has 0 spiro atoms. The molecule has 0 atom stereocenters. The molecule has 100 valence electrons. The molecule has 0 unspecified atom stereocenters. The SMILES string of the molecule is COc1cccc(COc2cc(OC)nc(N)n2)c1. The van der Waals surface area contributed by atoms with Crippen LogP contribution >= 0.6 is 0 Å². The average molecular weight is 261 g/mol. The van der Waals surface area contributed by atoms with Gasteiger partial charge in [0.15, 0.2) is 0 Å². The normalized spacial score (nSPS) is 10.0. The summed E-state index contributed by atoms with van der Waals surface area (Å²) in [6.07, 6.45) is 0. The summed E-state index contributed by atoms with van der Waals surface area (Å²) < 4.78 is 15.7. The number of hydrogen-bond acceptors (Lipinski definition) is 6. The zero-order valence-corrected chi connectivity index (χ0v) is 10.8. The van der Waals surface area contributed by atoms with E-state index in [1.807, 2.05) is 24.3 Å². The van der Waals surface area contributed by atoms with Crippen molar-refractivity contribution in [3.05, 3.63) is 35.9 Å². The summed E-state index contributed by atoms with van der Waals surface area (Å²) in [6, 6.07) is 9.17. The van der Waals surface area contributed by atoms with Crippen LogP contribution in [-0.2, 0) is 6.61 Å². The minimum Gasteiger partial charge on any atom is -0.497 e. The predicted octanol–water partition coefficient (Wildman–Crippen LogP) is 1.65. The summed E-state index contributed by atoms with van der Waals surface area (Å²) in [7, 11) is 3.13. The Morgan fingerprint density at radius 1 is 1.05 bits per heavy atom. The topological polar surface area (TPSA) is 79.5 Å². The lowest BCUT2D eigenvalue weighted by atomic mass is 10.2. The van der Waals surface area contributed by atoms with E-state index in [0.29, 0.717) is 18.4 Å². The van der Waals surface area contributed by atoms with E-state index in [-0.39, 0.29) is 5.95 Å². The van der Waals surface area contributed by atoms with E-state index in [0.717, 1.165) is 11.3 Å². The first-order valence-corrected chi connectivity index (χ1v) is 5.65. The third-order valence-electron chi connectivity index (χ3n) is 2.43. The molecule has 0 amide bonds. The summed E-state index contributed by atoms with van der Waals surface area (Å²) in [5.41, 5.74) is 6.52. The Labute approximate surface area is 111 Å². The minimum absolute atomic E-state index is 0.111. The molecule has 2 aromatic rings. The second-order valence-corrected chi connectivity index (χ2v) is 3.75. The summed E-state index contributed by atoms with van der Waals surface area (Å²) >= 11 is 0. The lowest BCUT2D eigenvalue weighted by molar-refractivity contribution is 0.289. The first kappa shape index (κ1) is 12.9. The largest absolute Gasteiger partial charge is 0.497 e. The third-order valence-corrected chi connectivity index (χ3v) is 2.43. The Bertz CT molecular complexity index is 561. The molecule has 0 saturated carbocycles. The summed E-state index contributed by atoms with van der Waals surface area (Å²) in [4.78, 5) is 7.85. The number of nitrogen functional groups attached to an aromatic ring is 1. The molecular weight excluding hydrogens is 246 g/mol. The van der Waals surface area contributed by atoms with E-state index in [9.17, 15) is 0 Å². The second kappa shape index (κ2) is 5.90. The van der Waals surface area contributed by atoms with Gasteiger partial charge in [-0.3, -0.25) is 0 Å². The van der Waals surface area contributed by atoms with Gasteiger partial charge in [-0.15, -0.1) is 0 Å². The molecule has 1 aromatic carbocycles. The van der Waals surface area contributed by atoms with E-state index >= 15 is 0 Å². The van der Waals surface area contributed by atoms with Crippen LogP contribution in [0, 0.1) is 0 Å². The molecule has 19 heavy (non-hydrogen) atoms. The van der Waals surface area contributed by atoms with Crippen molar-refractivity contribution in [2.75, 3.05) is 20.0 Å². The van der Waals surface area contributed by atoms with Gasteiger partial charge < -0.3 is 19.9 Å². The van der Waals surface area contributed by atoms with Crippen LogP contribution < -0.4 is 19.9 Å². The van der Waals surface area contributed by atoms with Crippen molar-refractivity contribution in [1.82, 2.24) is 9.97 Å². The fourth-order valence-electron chi connectivity index (χ4n) is 1.52. The Morgan fingerprint density at radius 3 is 2.58 bits per heavy atom. The molecule has 0 aliphatic heterocycles. The highest BCUT2D eigenvalue weighted by Gasteiger charge is 2.04. The van der Waals surface area contributed by atoms with Crippen molar-refractivity contribution in [1.29, 1.82) is 0 Å². The van der Waals surface area contributed by atoms with Gasteiger partial charge in [-0.2, -0.15) is 9.97 Å². The zero-order chi connectivity index (χ0) is 13.7. The lowest BCUT2D eigenvalue weighted by Crippen LogP contribution is -2.02. The molecule has 6 heteroatoms. The van der Waals surface area contributed by atoms with Crippen molar-refractivity contribution in [3.8, 4) is 17.5 Å². The summed E-state index contributed by atoms with van der Waals surface area (Å²) in [5, 5.41) is 0. The van der Waals surface area contributed by atoms with Gasteiger partial charge in [-0.25, -0.2) is 0 Å². The van der Waals surface area contributed by atoms with Crippen LogP contribution in [0.5, 0.6) is 17.5 Å². The van der Waals surface area contributed by atoms with E-state index in [2.05, 4.69) is 9.97 Å². The molecule has 0 aliphatic rings. The molecule has 2 rings (SSSR count). The van der Waals surface area contributed by atoms with Gasteiger partial charge in [-0.05, 0) is 17.7 Å². The number of anilines is 1. The van der Waals surface area contributed by atoms with Gasteiger partial charge in [-0.1, -0.05) is 12.1 Å². The molecule has 2 N–H and O–H groups in total. The first-order chi connectivity index (χ1) is 9.21. The van der Waals surface area contributed by atoms with Crippen LogP contribution in [-0.4, -0.2) is 24.2 Å². The maximum atomic E-state index is 5.55. The summed E-state index contributed by atoms with van der Waals surface area (Å²) in [5.74, 6) is 1.63. The predicted molar refractivity (Wildman–Crippen MR) is 70.3 cm³/mol. The maximum absolute atomic E-state index is 5.55. The van der Waals surface area contributed by atoms with Crippen LogP contribution in [0.1, 0.15) is 5.56 Å². The van der Waals surface area contributed by atoms with Gasteiger partial charge in [0.25, 0.3) is 0 Å². The van der Waals surface area contributed by atoms with Gasteiger partial charge in [0.05, 0.1) is 20.3 Å². The fourth-order valence-corrected chi connectivity index (χ4v) is 1.52. The molecule has 1 heterocycles. The van der Waals surface area contributed by atoms with Crippen molar-refractivity contribution in [2.45, 2.75) is 6.61 Å². The van der Waals surface area contributed by atoms with E-state index < -0.39 is 0 Å². The van der Waals surface area contributed by atoms with Crippen molar-refractivity contribution >= 4 is 5.95 Å². The van der Waals surface area contributed by atoms with Crippen LogP contribution in [0.25, 0.3) is 0 Å². The molecule has 0 saturated heterocycles. The van der Waals surface area contributed by atoms with E-state index in [1.54, 1.807) is 13.2 Å². The number of ether oxygens (including phenoxy) is 3. The number of methoxy groups -OCH3 is 2. The number of aromatic nitrogens is 2. The van der Waals surface area contributed by atoms with Crippen LogP contribution in [0.4, 0.5) is 5.95 Å². The molecule has 0 radical (unpaired) electrons. The van der Waals surface area contributed by atoms with Gasteiger partial charge in [0.2, 0.25) is 17.7 Å². The fraction of sp³-hybridized carbons (Fsp3) is 0.231. The maximum Gasteiger partial charge on any atom is 0.226 e. The number of nitrogens with two attached hydrogens (primary N) is 1. The number of rotatable bonds is 5. The molecular formula is C13H15N3O3. The lowest BCUT2D eigenvalue weighted by Gasteiger charge is -2.08. The minimum atomic E-state index is 0.111. The average Bonchev–Trinajstić information content (AvgIpc) is 2.44. The van der Waals surface area contributed by atoms with Crippen LogP contribution in [0.3, 0.4) is 0 Å². The van der Waals surface area contributed by atoms with Gasteiger partial charge in [0.1, 0.15) is 12.4 Å². The Balaban J connectivity index is 2.07. The Morgan fingerprint density at radius 2 is 1.84 bits per heavy atom.